The molecule has 1 fully saturated rings. The molecule has 0 atom stereocenters. The molecule has 1 aliphatic carbocycles. The fourth-order valence-electron chi connectivity index (χ4n) is 3.24. The Hall–Kier alpha value is -1.10. The third-order valence-corrected chi connectivity index (χ3v) is 4.27. The third kappa shape index (κ3) is 2.76. The number of nitrogens with two attached hydrogens (primary N) is 1. The Balaban J connectivity index is 2.39. The summed E-state index contributed by atoms with van der Waals surface area (Å²) in [6.45, 7) is 5.15. The molecule has 0 bridgehead atoms. The molecule has 1 saturated carbocycles. The average molecular weight is 280 g/mol. The maximum Gasteiger partial charge on any atom is 0.137 e. The number of thiocarbonyl (C=S) groups is 1. The summed E-state index contributed by atoms with van der Waals surface area (Å²) in [7, 11) is 1.98. The predicted molar refractivity (Wildman–Crippen MR) is 83.7 cm³/mol. The number of anilines is 1. The zero-order valence-electron chi connectivity index (χ0n) is 12.1. The van der Waals surface area contributed by atoms with Crippen molar-refractivity contribution in [1.29, 1.82) is 0 Å². The molecule has 106 valence electrons. The number of aryl methyl sites for hydroxylation is 2. The molecule has 0 aromatic carbocycles. The lowest BCUT2D eigenvalue weighted by Gasteiger charge is -2.35. The lowest BCUT2D eigenvalue weighted by atomic mass is 9.94. The van der Waals surface area contributed by atoms with Crippen molar-refractivity contribution in [1.82, 2.24) is 9.78 Å². The van der Waals surface area contributed by atoms with Gasteiger partial charge in [-0.05, 0) is 26.7 Å². The van der Waals surface area contributed by atoms with Crippen molar-refractivity contribution in [3.63, 3.8) is 0 Å². The summed E-state index contributed by atoms with van der Waals surface area (Å²) in [6, 6.07) is 0.599. The van der Waals surface area contributed by atoms with E-state index in [2.05, 4.69) is 16.9 Å². The van der Waals surface area contributed by atoms with Gasteiger partial charge in [-0.15, -0.1) is 0 Å². The van der Waals surface area contributed by atoms with Crippen LogP contribution >= 0.6 is 12.2 Å². The van der Waals surface area contributed by atoms with E-state index in [0.29, 0.717) is 11.0 Å². The van der Waals surface area contributed by atoms with Crippen molar-refractivity contribution in [3.8, 4) is 0 Å². The van der Waals surface area contributed by atoms with Crippen LogP contribution in [0, 0.1) is 6.92 Å². The molecule has 0 spiro atoms. The average Bonchev–Trinajstić information content (AvgIpc) is 2.67. The topological polar surface area (TPSA) is 47.1 Å². The van der Waals surface area contributed by atoms with E-state index in [1.807, 2.05) is 18.7 Å². The van der Waals surface area contributed by atoms with Crippen LogP contribution in [0.3, 0.4) is 0 Å². The van der Waals surface area contributed by atoms with E-state index in [1.165, 1.54) is 32.1 Å². The molecular weight excluding hydrogens is 256 g/mol. The summed E-state index contributed by atoms with van der Waals surface area (Å²) in [5, 5.41) is 4.50. The molecule has 2 N–H and O–H groups in total. The highest BCUT2D eigenvalue weighted by Gasteiger charge is 2.26. The van der Waals surface area contributed by atoms with Gasteiger partial charge in [-0.1, -0.05) is 31.5 Å². The first kappa shape index (κ1) is 14.3. The largest absolute Gasteiger partial charge is 0.389 e. The Bertz CT molecular complexity index is 460. The van der Waals surface area contributed by atoms with Gasteiger partial charge >= 0.3 is 0 Å². The molecule has 1 aromatic rings. The van der Waals surface area contributed by atoms with E-state index >= 15 is 0 Å². The highest BCUT2D eigenvalue weighted by Crippen LogP contribution is 2.30. The number of aromatic nitrogens is 2. The third-order valence-electron chi connectivity index (χ3n) is 4.07. The fraction of sp³-hybridized carbons (Fsp3) is 0.714. The van der Waals surface area contributed by atoms with E-state index in [4.69, 9.17) is 18.0 Å². The first-order chi connectivity index (χ1) is 9.06. The van der Waals surface area contributed by atoms with Crippen molar-refractivity contribution in [3.05, 3.63) is 11.3 Å². The SMILES string of the molecule is CCN(c1c(C(N)=S)c(C)nn1C)C1CCCCC1. The van der Waals surface area contributed by atoms with Crippen LogP contribution in [0.25, 0.3) is 0 Å². The summed E-state index contributed by atoms with van der Waals surface area (Å²) in [5.74, 6) is 1.10. The molecule has 2 rings (SSSR count). The molecule has 1 aromatic heterocycles. The molecule has 0 unspecified atom stereocenters. The van der Waals surface area contributed by atoms with Crippen LogP contribution in [0.5, 0.6) is 0 Å². The second-order valence-electron chi connectivity index (χ2n) is 5.35. The molecule has 1 heterocycles. The van der Waals surface area contributed by atoms with E-state index in [-0.39, 0.29) is 0 Å². The maximum atomic E-state index is 5.90. The molecular formula is C14H24N4S. The van der Waals surface area contributed by atoms with Crippen LogP contribution in [-0.4, -0.2) is 27.4 Å². The van der Waals surface area contributed by atoms with Gasteiger partial charge in [-0.25, -0.2) is 0 Å². The van der Waals surface area contributed by atoms with E-state index in [0.717, 1.165) is 23.6 Å². The Morgan fingerprint density at radius 3 is 2.58 bits per heavy atom. The molecule has 1 aliphatic rings. The van der Waals surface area contributed by atoms with Gasteiger partial charge in [0, 0.05) is 19.6 Å². The molecule has 0 aliphatic heterocycles. The fourth-order valence-corrected chi connectivity index (χ4v) is 3.48. The summed E-state index contributed by atoms with van der Waals surface area (Å²) < 4.78 is 1.93. The molecule has 0 radical (unpaired) electrons. The molecule has 19 heavy (non-hydrogen) atoms. The predicted octanol–water partition coefficient (Wildman–Crippen LogP) is 2.52. The van der Waals surface area contributed by atoms with Crippen LogP contribution in [0.2, 0.25) is 0 Å². The van der Waals surface area contributed by atoms with Crippen LogP contribution < -0.4 is 10.6 Å². The number of hydrogen-bond donors (Lipinski definition) is 1. The van der Waals surface area contributed by atoms with Gasteiger partial charge in [0.05, 0.1) is 11.3 Å². The minimum Gasteiger partial charge on any atom is -0.389 e. The lowest BCUT2D eigenvalue weighted by Crippen LogP contribution is -2.39. The van der Waals surface area contributed by atoms with Gasteiger partial charge in [0.2, 0.25) is 0 Å². The smallest absolute Gasteiger partial charge is 0.137 e. The van der Waals surface area contributed by atoms with Gasteiger partial charge < -0.3 is 10.6 Å². The van der Waals surface area contributed by atoms with Crippen molar-refractivity contribution in [2.75, 3.05) is 11.4 Å². The second-order valence-corrected chi connectivity index (χ2v) is 5.79. The molecule has 0 amide bonds. The van der Waals surface area contributed by atoms with Gasteiger partial charge in [-0.2, -0.15) is 5.10 Å². The van der Waals surface area contributed by atoms with Crippen LogP contribution in [0.15, 0.2) is 0 Å². The minimum atomic E-state index is 0.454. The van der Waals surface area contributed by atoms with Gasteiger partial charge in [0.1, 0.15) is 10.8 Å². The quantitative estimate of drug-likeness (QED) is 0.861. The van der Waals surface area contributed by atoms with E-state index < -0.39 is 0 Å². The van der Waals surface area contributed by atoms with Crippen molar-refractivity contribution < 1.29 is 0 Å². The van der Waals surface area contributed by atoms with E-state index in [9.17, 15) is 0 Å². The Labute approximate surface area is 121 Å². The number of rotatable bonds is 4. The van der Waals surface area contributed by atoms with E-state index in [1.54, 1.807) is 0 Å². The normalized spacial score (nSPS) is 16.6. The Morgan fingerprint density at radius 2 is 2.05 bits per heavy atom. The minimum absolute atomic E-state index is 0.454. The summed E-state index contributed by atoms with van der Waals surface area (Å²) >= 11 is 5.22. The molecule has 4 nitrogen and oxygen atoms in total. The van der Waals surface area contributed by atoms with Crippen molar-refractivity contribution >= 4 is 23.0 Å². The standard InChI is InChI=1S/C14H24N4S/c1-4-18(11-8-6-5-7-9-11)14-12(13(15)19)10(2)16-17(14)3/h11H,4-9H2,1-3H3,(H2,15,19). The first-order valence-corrected chi connectivity index (χ1v) is 7.57. The summed E-state index contributed by atoms with van der Waals surface area (Å²) in [4.78, 5) is 2.89. The maximum absolute atomic E-state index is 5.90. The lowest BCUT2D eigenvalue weighted by molar-refractivity contribution is 0.413. The van der Waals surface area contributed by atoms with Crippen molar-refractivity contribution in [2.45, 2.75) is 52.0 Å². The monoisotopic (exact) mass is 280 g/mol. The van der Waals surface area contributed by atoms with Gasteiger partial charge in [-0.3, -0.25) is 4.68 Å². The van der Waals surface area contributed by atoms with Crippen LogP contribution in [0.4, 0.5) is 5.82 Å². The van der Waals surface area contributed by atoms with Crippen molar-refractivity contribution in [2.24, 2.45) is 12.8 Å². The van der Waals surface area contributed by atoms with Crippen LogP contribution in [0.1, 0.15) is 50.3 Å². The highest BCUT2D eigenvalue weighted by atomic mass is 32.1. The Kier molecular flexibility index (Phi) is 4.45. The summed E-state index contributed by atoms with van der Waals surface area (Å²) in [6.07, 6.45) is 6.52. The zero-order chi connectivity index (χ0) is 14.0. The van der Waals surface area contributed by atoms with Gasteiger partial charge in [0.25, 0.3) is 0 Å². The second kappa shape index (κ2) is 5.90. The molecule has 0 saturated heterocycles. The van der Waals surface area contributed by atoms with Crippen LogP contribution in [-0.2, 0) is 7.05 Å². The Morgan fingerprint density at radius 1 is 1.42 bits per heavy atom. The number of nitrogens with zero attached hydrogens (tertiary/aromatic N) is 3. The zero-order valence-corrected chi connectivity index (χ0v) is 13.0. The summed E-state index contributed by atoms with van der Waals surface area (Å²) in [5.41, 5.74) is 7.78. The molecule has 5 heteroatoms. The first-order valence-electron chi connectivity index (χ1n) is 7.16. The number of hydrogen-bond acceptors (Lipinski definition) is 3. The van der Waals surface area contributed by atoms with Gasteiger partial charge in [0.15, 0.2) is 0 Å². The highest BCUT2D eigenvalue weighted by molar-refractivity contribution is 7.80.